The van der Waals surface area contributed by atoms with Gasteiger partial charge in [0.25, 0.3) is 11.1 Å². The van der Waals surface area contributed by atoms with E-state index in [0.717, 1.165) is 54.1 Å². The van der Waals surface area contributed by atoms with Crippen LogP contribution in [0.2, 0.25) is 0 Å². The molecule has 0 saturated carbocycles. The van der Waals surface area contributed by atoms with Gasteiger partial charge in [-0.05, 0) is 29.7 Å². The molecule has 0 atom stereocenters. The maximum Gasteiger partial charge on any atom is 0.271 e. The van der Waals surface area contributed by atoms with Gasteiger partial charge in [-0.3, -0.25) is 14.0 Å². The lowest BCUT2D eigenvalue weighted by molar-refractivity contribution is 0.589. The van der Waals surface area contributed by atoms with Crippen LogP contribution in [-0.4, -0.2) is 35.5 Å². The Morgan fingerprint density at radius 1 is 1.08 bits per heavy atom. The van der Waals surface area contributed by atoms with Crippen molar-refractivity contribution in [1.29, 1.82) is 0 Å². The molecule has 1 fully saturated rings. The number of fused-ring (bicyclic) bond motifs is 1. The minimum absolute atomic E-state index is 0.239. The van der Waals surface area contributed by atoms with Gasteiger partial charge in [0, 0.05) is 31.9 Å². The Bertz CT molecular complexity index is 1010. The molecule has 0 unspecified atom stereocenters. The van der Waals surface area contributed by atoms with Gasteiger partial charge in [-0.15, -0.1) is 0 Å². The van der Waals surface area contributed by atoms with Crippen LogP contribution in [0.3, 0.4) is 0 Å². The summed E-state index contributed by atoms with van der Waals surface area (Å²) in [5, 5.41) is 3.59. The van der Waals surface area contributed by atoms with E-state index < -0.39 is 0 Å². The van der Waals surface area contributed by atoms with Gasteiger partial charge in [0.15, 0.2) is 0 Å². The molecule has 0 aliphatic carbocycles. The number of aromatic amines is 2. The highest BCUT2D eigenvalue weighted by Crippen LogP contribution is 2.29. The number of benzene rings is 1. The Labute approximate surface area is 148 Å². The topological polar surface area (TPSA) is 81.0 Å². The SMILES string of the molecule is CCc1c(-c2ccc(N3CCNCC3)cc2)[nH]c(=O)c2c(=O)[nH]sc12. The van der Waals surface area contributed by atoms with Crippen LogP contribution in [0.15, 0.2) is 33.9 Å². The van der Waals surface area contributed by atoms with Crippen LogP contribution >= 0.6 is 11.5 Å². The van der Waals surface area contributed by atoms with E-state index >= 15 is 0 Å². The molecule has 7 heteroatoms. The van der Waals surface area contributed by atoms with Crippen molar-refractivity contribution in [2.45, 2.75) is 13.3 Å². The number of pyridine rings is 1. The maximum absolute atomic E-state index is 12.4. The summed E-state index contributed by atoms with van der Waals surface area (Å²) in [7, 11) is 0. The van der Waals surface area contributed by atoms with Crippen LogP contribution in [0.5, 0.6) is 0 Å². The van der Waals surface area contributed by atoms with Crippen molar-refractivity contribution in [3.8, 4) is 11.3 Å². The van der Waals surface area contributed by atoms with Crippen LogP contribution in [-0.2, 0) is 6.42 Å². The molecular weight excluding hydrogens is 336 g/mol. The average Bonchev–Trinajstić information content (AvgIpc) is 3.05. The Morgan fingerprint density at radius 3 is 2.48 bits per heavy atom. The molecule has 3 N–H and O–H groups in total. The van der Waals surface area contributed by atoms with Crippen molar-refractivity contribution in [2.24, 2.45) is 0 Å². The Hall–Kier alpha value is -2.38. The molecular formula is C18H20N4O2S. The second-order valence-electron chi connectivity index (χ2n) is 6.18. The number of piperazine rings is 1. The zero-order chi connectivity index (χ0) is 17.4. The third-order valence-electron chi connectivity index (χ3n) is 4.73. The minimum atomic E-state index is -0.323. The Balaban J connectivity index is 1.79. The molecule has 4 rings (SSSR count). The molecule has 2 aromatic heterocycles. The summed E-state index contributed by atoms with van der Waals surface area (Å²) in [5.74, 6) is 0. The molecule has 0 bridgehead atoms. The van der Waals surface area contributed by atoms with Crippen molar-refractivity contribution in [3.05, 3.63) is 50.5 Å². The van der Waals surface area contributed by atoms with Gasteiger partial charge in [-0.2, -0.15) is 0 Å². The first-order chi connectivity index (χ1) is 12.2. The number of rotatable bonds is 3. The molecule has 3 aromatic rings. The van der Waals surface area contributed by atoms with Crippen LogP contribution in [0.4, 0.5) is 5.69 Å². The van der Waals surface area contributed by atoms with Gasteiger partial charge < -0.3 is 15.2 Å². The number of hydrogen-bond donors (Lipinski definition) is 3. The smallest absolute Gasteiger partial charge is 0.271 e. The summed E-state index contributed by atoms with van der Waals surface area (Å²) in [6.45, 7) is 6.03. The number of nitrogens with zero attached hydrogens (tertiary/aromatic N) is 1. The highest BCUT2D eigenvalue weighted by Gasteiger charge is 2.16. The summed E-state index contributed by atoms with van der Waals surface area (Å²) < 4.78 is 3.44. The first kappa shape index (κ1) is 16.1. The molecule has 1 saturated heterocycles. The van der Waals surface area contributed by atoms with Gasteiger partial charge in [-0.25, -0.2) is 0 Å². The normalized spacial score (nSPS) is 15.0. The number of H-pyrrole nitrogens is 2. The zero-order valence-electron chi connectivity index (χ0n) is 14.0. The second kappa shape index (κ2) is 6.50. The van der Waals surface area contributed by atoms with Crippen molar-refractivity contribution in [2.75, 3.05) is 31.1 Å². The monoisotopic (exact) mass is 356 g/mol. The summed E-state index contributed by atoms with van der Waals surface area (Å²) >= 11 is 1.24. The lowest BCUT2D eigenvalue weighted by atomic mass is 10.0. The summed E-state index contributed by atoms with van der Waals surface area (Å²) in [4.78, 5) is 29.5. The fourth-order valence-electron chi connectivity index (χ4n) is 3.43. The number of aryl methyl sites for hydroxylation is 1. The largest absolute Gasteiger partial charge is 0.369 e. The second-order valence-corrected chi connectivity index (χ2v) is 7.00. The number of aromatic nitrogens is 2. The highest BCUT2D eigenvalue weighted by atomic mass is 32.1. The standard InChI is InChI=1S/C18H20N4O2S/c1-2-13-15(20-17(23)14-16(13)25-21-18(14)24)11-3-5-12(6-4-11)22-9-7-19-8-10-22/h3-6,19H,2,7-10H2,1H3,(H,20,23)(H,21,24). The van der Waals surface area contributed by atoms with Crippen LogP contribution in [0.1, 0.15) is 12.5 Å². The van der Waals surface area contributed by atoms with E-state index in [1.165, 1.54) is 17.2 Å². The van der Waals surface area contributed by atoms with Crippen LogP contribution < -0.4 is 21.3 Å². The number of hydrogen-bond acceptors (Lipinski definition) is 5. The van der Waals surface area contributed by atoms with E-state index in [0.29, 0.717) is 0 Å². The van der Waals surface area contributed by atoms with Gasteiger partial charge in [0.05, 0.1) is 10.4 Å². The third kappa shape index (κ3) is 2.79. The summed E-state index contributed by atoms with van der Waals surface area (Å²) in [6, 6.07) is 8.29. The Morgan fingerprint density at radius 2 is 1.80 bits per heavy atom. The molecule has 0 radical (unpaired) electrons. The molecule has 1 aliphatic rings. The van der Waals surface area contributed by atoms with Crippen LogP contribution in [0.25, 0.3) is 21.3 Å². The van der Waals surface area contributed by atoms with E-state index in [2.05, 4.69) is 31.7 Å². The molecule has 3 heterocycles. The quantitative estimate of drug-likeness (QED) is 0.670. The first-order valence-corrected chi connectivity index (χ1v) is 9.33. The molecule has 1 aliphatic heterocycles. The molecule has 0 amide bonds. The van der Waals surface area contributed by atoms with Gasteiger partial charge in [-0.1, -0.05) is 30.6 Å². The molecule has 0 spiro atoms. The fourth-order valence-corrected chi connectivity index (χ4v) is 4.39. The van der Waals surface area contributed by atoms with Gasteiger partial charge in [0.1, 0.15) is 5.39 Å². The van der Waals surface area contributed by atoms with Crippen molar-refractivity contribution in [3.63, 3.8) is 0 Å². The van der Waals surface area contributed by atoms with E-state index in [4.69, 9.17) is 0 Å². The van der Waals surface area contributed by atoms with E-state index in [9.17, 15) is 9.59 Å². The van der Waals surface area contributed by atoms with Gasteiger partial charge >= 0.3 is 0 Å². The van der Waals surface area contributed by atoms with E-state index in [-0.39, 0.29) is 16.5 Å². The molecule has 1 aromatic carbocycles. The lowest BCUT2D eigenvalue weighted by Crippen LogP contribution is -2.43. The molecule has 130 valence electrons. The third-order valence-corrected chi connectivity index (χ3v) is 5.68. The summed E-state index contributed by atoms with van der Waals surface area (Å²) in [5.41, 5.74) is 3.34. The maximum atomic E-state index is 12.4. The van der Waals surface area contributed by atoms with Crippen molar-refractivity contribution in [1.82, 2.24) is 14.7 Å². The summed E-state index contributed by atoms with van der Waals surface area (Å²) in [6.07, 6.45) is 0.746. The van der Waals surface area contributed by atoms with Gasteiger partial charge in [0.2, 0.25) is 0 Å². The number of nitrogens with one attached hydrogen (secondary N) is 3. The van der Waals surface area contributed by atoms with Crippen LogP contribution in [0, 0.1) is 0 Å². The zero-order valence-corrected chi connectivity index (χ0v) is 14.8. The van der Waals surface area contributed by atoms with E-state index in [1.807, 2.05) is 19.1 Å². The lowest BCUT2D eigenvalue weighted by Gasteiger charge is -2.29. The minimum Gasteiger partial charge on any atom is -0.369 e. The molecule has 25 heavy (non-hydrogen) atoms. The number of anilines is 1. The molecule has 6 nitrogen and oxygen atoms in total. The highest BCUT2D eigenvalue weighted by molar-refractivity contribution is 7.13. The van der Waals surface area contributed by atoms with Crippen molar-refractivity contribution >= 4 is 27.3 Å². The predicted octanol–water partition coefficient (Wildman–Crippen LogP) is 1.92. The average molecular weight is 356 g/mol. The van der Waals surface area contributed by atoms with E-state index in [1.54, 1.807) is 0 Å². The first-order valence-electron chi connectivity index (χ1n) is 8.51. The van der Waals surface area contributed by atoms with Crippen molar-refractivity contribution < 1.29 is 0 Å². The predicted molar refractivity (Wildman–Crippen MR) is 103 cm³/mol. The Kier molecular flexibility index (Phi) is 4.19. The fraction of sp³-hybridized carbons (Fsp3) is 0.333.